The van der Waals surface area contributed by atoms with Gasteiger partial charge in [0, 0.05) is 83.0 Å². The summed E-state index contributed by atoms with van der Waals surface area (Å²) in [6.07, 6.45) is 8.83. The van der Waals surface area contributed by atoms with Gasteiger partial charge in [0.2, 0.25) is 0 Å². The van der Waals surface area contributed by atoms with E-state index in [9.17, 15) is 19.2 Å². The molecule has 3 aliphatic rings. The zero-order chi connectivity index (χ0) is 43.9. The van der Waals surface area contributed by atoms with Crippen LogP contribution in [-0.4, -0.2) is 94.6 Å². The maximum atomic E-state index is 12.1. The van der Waals surface area contributed by atoms with Gasteiger partial charge < -0.3 is 44.5 Å². The molecule has 0 aliphatic carbocycles. The van der Waals surface area contributed by atoms with Gasteiger partial charge >= 0.3 is 0 Å². The Bertz CT molecular complexity index is 2580. The predicted octanol–water partition coefficient (Wildman–Crippen LogP) is 8.20. The Kier molecular flexibility index (Phi) is 14.4. The molecule has 0 bridgehead atoms. The van der Waals surface area contributed by atoms with E-state index in [1.807, 2.05) is 113 Å². The summed E-state index contributed by atoms with van der Waals surface area (Å²) in [5.41, 5.74) is 7.83. The molecule has 322 valence electrons. The number of aliphatic hydroxyl groups is 1. The molecular formula is C47H48Cl3N7O5. The van der Waals surface area contributed by atoms with Gasteiger partial charge in [0.05, 0.1) is 18.1 Å². The van der Waals surface area contributed by atoms with Gasteiger partial charge in [-0.1, -0.05) is 71.2 Å². The molecule has 3 atom stereocenters. The number of aliphatic hydroxyl groups excluding tert-OH is 1. The van der Waals surface area contributed by atoms with Gasteiger partial charge in [-0.3, -0.25) is 14.4 Å². The maximum Gasteiger partial charge on any atom is 0.268 e. The first-order valence-electron chi connectivity index (χ1n) is 20.4. The lowest BCUT2D eigenvalue weighted by molar-refractivity contribution is -0.108. The number of rotatable bonds is 10. The minimum atomic E-state index is -0.111. The van der Waals surface area contributed by atoms with E-state index in [4.69, 9.17) is 39.9 Å². The van der Waals surface area contributed by atoms with Crippen molar-refractivity contribution in [3.63, 3.8) is 0 Å². The number of amides is 3. The van der Waals surface area contributed by atoms with Crippen LogP contribution >= 0.6 is 34.8 Å². The van der Waals surface area contributed by atoms with Crippen LogP contribution in [0, 0.1) is 0 Å². The Morgan fingerprint density at radius 3 is 1.31 bits per heavy atom. The first-order chi connectivity index (χ1) is 29.9. The number of fused-ring (bicyclic) bond motifs is 3. The Morgan fingerprint density at radius 2 is 0.952 bits per heavy atom. The highest BCUT2D eigenvalue weighted by Crippen LogP contribution is 2.32. The van der Waals surface area contributed by atoms with Gasteiger partial charge in [0.15, 0.2) is 0 Å². The predicted molar refractivity (Wildman–Crippen MR) is 244 cm³/mol. The average Bonchev–Trinajstić information content (AvgIpc) is 4.03. The number of nitrogens with one attached hydrogen (secondary N) is 3. The van der Waals surface area contributed by atoms with Crippen molar-refractivity contribution in [2.24, 2.45) is 0 Å². The summed E-state index contributed by atoms with van der Waals surface area (Å²) in [6.45, 7) is 2.81. The molecule has 0 fully saturated rings. The summed E-state index contributed by atoms with van der Waals surface area (Å²) < 4.78 is 5.94. The summed E-state index contributed by atoms with van der Waals surface area (Å²) in [5, 5.41) is 19.8. The average molecular weight is 897 g/mol. The van der Waals surface area contributed by atoms with Crippen LogP contribution in [0.4, 0.5) is 0 Å². The number of nitrogens with zero attached hydrogens (tertiary/aromatic N) is 4. The zero-order valence-corrected chi connectivity index (χ0v) is 36.6. The van der Waals surface area contributed by atoms with E-state index < -0.39 is 0 Å². The third-order valence-corrected chi connectivity index (χ3v) is 11.8. The fraction of sp³-hybridized carbons (Fsp3) is 0.277. The van der Waals surface area contributed by atoms with Crippen LogP contribution in [0.2, 0.25) is 15.1 Å². The Morgan fingerprint density at radius 1 is 0.581 bits per heavy atom. The first-order valence-corrected chi connectivity index (χ1v) is 21.5. The van der Waals surface area contributed by atoms with Crippen LogP contribution < -0.4 is 16.0 Å². The molecule has 3 aliphatic heterocycles. The lowest BCUT2D eigenvalue weighted by atomic mass is 10.1. The van der Waals surface area contributed by atoms with Crippen molar-refractivity contribution in [3.8, 4) is 33.4 Å². The van der Waals surface area contributed by atoms with Gasteiger partial charge in [-0.05, 0) is 105 Å². The number of hydrogen-bond donors (Lipinski definition) is 4. The van der Waals surface area contributed by atoms with Gasteiger partial charge in [-0.25, -0.2) is 0 Å². The summed E-state index contributed by atoms with van der Waals surface area (Å²) in [7, 11) is 4.13. The fourth-order valence-electron chi connectivity index (χ4n) is 7.91. The number of halogens is 3. The van der Waals surface area contributed by atoms with Gasteiger partial charge in [-0.2, -0.15) is 0 Å². The number of carbonyl (C=O) groups is 4. The lowest BCUT2D eigenvalue weighted by Gasteiger charge is -2.27. The molecule has 3 aromatic heterocycles. The highest BCUT2D eigenvalue weighted by molar-refractivity contribution is 6.31. The van der Waals surface area contributed by atoms with E-state index in [1.54, 1.807) is 0 Å². The molecule has 4 N–H and O–H groups in total. The van der Waals surface area contributed by atoms with E-state index in [0.29, 0.717) is 65.0 Å². The van der Waals surface area contributed by atoms with Crippen molar-refractivity contribution in [2.45, 2.75) is 37.4 Å². The fourth-order valence-corrected chi connectivity index (χ4v) is 8.48. The van der Waals surface area contributed by atoms with Gasteiger partial charge in [0.1, 0.15) is 23.4 Å². The van der Waals surface area contributed by atoms with Gasteiger partial charge in [-0.15, -0.1) is 0 Å². The summed E-state index contributed by atoms with van der Waals surface area (Å²) in [5.74, 6) is -0.192. The normalized spacial score (nSPS) is 17.5. The standard InChI is InChI=1S/C17H20ClN3O.C15H15ClN2O2.C15H13ClN2O2/c1-20(2)7-6-15-10-19-17(22)16-9-13(11-21(15)16)12-4-3-5-14(18)8-12;2*16-12-3-1-2-10(6-12)11-7-14-15(20)17-8-13(4-5-19)18(14)9-11/h3-5,8-9,11,15H,6-7,10H2,1-2H3,(H,19,22);1-3,6-7,9,13,19H,4-5,8H2,(H,17,20);1-3,5-7,9,13H,4,8H2,(H,17,20). The van der Waals surface area contributed by atoms with Gasteiger partial charge in [0.25, 0.3) is 17.7 Å². The van der Waals surface area contributed by atoms with Crippen molar-refractivity contribution in [3.05, 3.63) is 142 Å². The molecule has 62 heavy (non-hydrogen) atoms. The second-order valence-corrected chi connectivity index (χ2v) is 17.0. The van der Waals surface area contributed by atoms with Crippen LogP contribution in [0.1, 0.15) is 68.9 Å². The van der Waals surface area contributed by atoms with Crippen LogP contribution in [0.25, 0.3) is 33.4 Å². The molecule has 3 unspecified atom stereocenters. The van der Waals surface area contributed by atoms with E-state index >= 15 is 0 Å². The van der Waals surface area contributed by atoms with Crippen molar-refractivity contribution < 1.29 is 24.3 Å². The van der Waals surface area contributed by atoms with Crippen LogP contribution in [0.3, 0.4) is 0 Å². The van der Waals surface area contributed by atoms with Crippen LogP contribution in [0.15, 0.2) is 110 Å². The third kappa shape index (κ3) is 10.3. The minimum absolute atomic E-state index is 0.00520. The summed E-state index contributed by atoms with van der Waals surface area (Å²) >= 11 is 18.1. The molecular weight excluding hydrogens is 849 g/mol. The Balaban J connectivity index is 0.000000140. The molecule has 12 nitrogen and oxygen atoms in total. The maximum absolute atomic E-state index is 12.1. The van der Waals surface area contributed by atoms with E-state index in [2.05, 4.69) is 45.7 Å². The van der Waals surface area contributed by atoms with Crippen molar-refractivity contribution in [2.75, 3.05) is 46.9 Å². The van der Waals surface area contributed by atoms with E-state index in [1.165, 1.54) is 0 Å². The Hall–Kier alpha value is -5.63. The highest BCUT2D eigenvalue weighted by Gasteiger charge is 2.28. The first kappa shape index (κ1) is 44.4. The number of benzene rings is 3. The molecule has 0 saturated carbocycles. The third-order valence-electron chi connectivity index (χ3n) is 11.1. The van der Waals surface area contributed by atoms with Crippen molar-refractivity contribution in [1.29, 1.82) is 0 Å². The highest BCUT2D eigenvalue weighted by atomic mass is 35.5. The SMILES string of the molecule is CN(C)CCC1CNC(=O)c2cc(-c3cccc(Cl)c3)cn21.O=C1NCC(CCO)n2cc(-c3cccc(Cl)c3)cc21.O=CCC1CNC(=O)c2cc(-c3cccc(Cl)c3)cn21. The van der Waals surface area contributed by atoms with Crippen LogP contribution in [-0.2, 0) is 4.79 Å². The summed E-state index contributed by atoms with van der Waals surface area (Å²) in [4.78, 5) is 48.8. The quantitative estimate of drug-likeness (QED) is 0.102. The molecule has 9 rings (SSSR count). The minimum Gasteiger partial charge on any atom is -0.396 e. The largest absolute Gasteiger partial charge is 0.396 e. The van der Waals surface area contributed by atoms with E-state index in [-0.39, 0.29) is 36.4 Å². The van der Waals surface area contributed by atoms with Crippen molar-refractivity contribution in [1.82, 2.24) is 34.6 Å². The molecule has 3 aromatic carbocycles. The summed E-state index contributed by atoms with van der Waals surface area (Å²) in [6, 6.07) is 28.8. The smallest absolute Gasteiger partial charge is 0.268 e. The molecule has 0 radical (unpaired) electrons. The topological polar surface area (TPSA) is 143 Å². The molecule has 6 heterocycles. The number of carbonyl (C=O) groups excluding carboxylic acids is 4. The molecule has 0 saturated heterocycles. The molecule has 3 amide bonds. The number of hydrogen-bond acceptors (Lipinski definition) is 6. The van der Waals surface area contributed by atoms with Crippen LogP contribution in [0.5, 0.6) is 0 Å². The Labute approximate surface area is 375 Å². The molecule has 15 heteroatoms. The molecule has 0 spiro atoms. The number of aldehydes is 1. The van der Waals surface area contributed by atoms with Crippen molar-refractivity contribution >= 4 is 58.8 Å². The second-order valence-electron chi connectivity index (χ2n) is 15.7. The second kappa shape index (κ2) is 20.0. The van der Waals surface area contributed by atoms with E-state index in [0.717, 1.165) is 58.3 Å². The monoisotopic (exact) mass is 895 g/mol. The number of aromatic nitrogens is 3. The zero-order valence-electron chi connectivity index (χ0n) is 34.4. The molecule has 6 aromatic rings. The lowest BCUT2D eigenvalue weighted by Crippen LogP contribution is -2.39.